The van der Waals surface area contributed by atoms with E-state index in [0.29, 0.717) is 0 Å². The summed E-state index contributed by atoms with van der Waals surface area (Å²) in [6, 6.07) is 11.4. The fraction of sp³-hybridized carbons (Fsp3) is 0.455. The molecule has 1 aromatic rings. The van der Waals surface area contributed by atoms with E-state index < -0.39 is 0 Å². The Labute approximate surface area is 114 Å². The number of hydrogen-bond donors (Lipinski definition) is 0. The number of benzene rings is 1. The van der Waals surface area contributed by atoms with Crippen molar-refractivity contribution in [2.75, 3.05) is 13.1 Å². The quantitative estimate of drug-likeness (QED) is 0.497. The van der Waals surface area contributed by atoms with Crippen LogP contribution in [0.4, 0.5) is 0 Å². The average Bonchev–Trinajstić information content (AvgIpc) is 2.16. The molecule has 3 heteroatoms. The second kappa shape index (κ2) is 9.96. The summed E-state index contributed by atoms with van der Waals surface area (Å²) in [7, 11) is 0. The van der Waals surface area contributed by atoms with Gasteiger partial charge in [0.25, 0.3) is 0 Å². The third-order valence-corrected chi connectivity index (χ3v) is 2.06. The predicted molar refractivity (Wildman–Crippen MR) is 57.7 cm³/mol. The molecule has 0 aromatic heterocycles. The van der Waals surface area contributed by atoms with Crippen LogP contribution in [-0.4, -0.2) is 41.0 Å². The molecule has 0 saturated carbocycles. The molecule has 1 rings (SSSR count). The Balaban J connectivity index is 0. The Hall–Kier alpha value is 0.426. The van der Waals surface area contributed by atoms with Crippen molar-refractivity contribution in [3.63, 3.8) is 0 Å². The summed E-state index contributed by atoms with van der Waals surface area (Å²) in [6.07, 6.45) is 0. The molecule has 0 aliphatic heterocycles. The van der Waals surface area contributed by atoms with Crippen molar-refractivity contribution < 1.29 is 17.0 Å². The zero-order valence-corrected chi connectivity index (χ0v) is 12.0. The number of hydrogen-bond acceptors (Lipinski definition) is 1. The van der Waals surface area contributed by atoms with Gasteiger partial charge in [-0.3, -0.25) is 0 Å². The van der Waals surface area contributed by atoms with Gasteiger partial charge in [0.05, 0.1) is 0 Å². The largest absolute Gasteiger partial charge is 2.00 e. The van der Waals surface area contributed by atoms with Gasteiger partial charge in [-0.1, -0.05) is 13.8 Å². The van der Waals surface area contributed by atoms with Crippen molar-refractivity contribution in [2.24, 2.45) is 0 Å². The van der Waals surface area contributed by atoms with Crippen LogP contribution in [0.5, 0.6) is 0 Å². The van der Waals surface area contributed by atoms with Crippen LogP contribution in [0.15, 0.2) is 24.3 Å². The normalized spacial score (nSPS) is 9.07. The van der Waals surface area contributed by atoms with Gasteiger partial charge in [0.2, 0.25) is 0 Å². The molecular weight excluding hydrogens is 250 g/mol. The van der Waals surface area contributed by atoms with Gasteiger partial charge in [0.15, 0.2) is 0 Å². The van der Waals surface area contributed by atoms with Gasteiger partial charge in [0, 0.05) is 6.54 Å². The first-order chi connectivity index (χ1) is 5.86. The Morgan fingerprint density at radius 3 is 2.29 bits per heavy atom. The van der Waals surface area contributed by atoms with Gasteiger partial charge in [-0.25, -0.2) is 0 Å². The van der Waals surface area contributed by atoms with E-state index in [1.54, 1.807) is 0 Å². The molecule has 0 bridgehead atoms. The maximum atomic E-state index is 3.23. The molecule has 0 fully saturated rings. The van der Waals surface area contributed by atoms with Crippen molar-refractivity contribution in [3.8, 4) is 0 Å². The van der Waals surface area contributed by atoms with E-state index in [4.69, 9.17) is 0 Å². The number of rotatable bonds is 4. The van der Waals surface area contributed by atoms with Crippen molar-refractivity contribution in [1.82, 2.24) is 4.90 Å². The standard InChI is InChI=1S/C11H16N.BrH.Mg/c1-3-12(4-2)10-11-8-6-5-7-9-11;;/h5-8H,3-4,10H2,1-2H3;1H;/q-1;;+2/p-1. The molecule has 0 N–H and O–H groups in total. The van der Waals surface area contributed by atoms with Gasteiger partial charge in [-0.2, -0.15) is 30.3 Å². The molecule has 0 atom stereocenters. The molecule has 0 saturated heterocycles. The zero-order valence-electron chi connectivity index (χ0n) is 8.96. The summed E-state index contributed by atoms with van der Waals surface area (Å²) in [4.78, 5) is 2.38. The van der Waals surface area contributed by atoms with Crippen LogP contribution < -0.4 is 17.0 Å². The molecule has 0 radical (unpaired) electrons. The Bertz CT molecular complexity index is 212. The number of halogens is 1. The van der Waals surface area contributed by atoms with E-state index in [9.17, 15) is 0 Å². The summed E-state index contributed by atoms with van der Waals surface area (Å²) >= 11 is 0. The molecule has 1 aromatic carbocycles. The first kappa shape index (κ1) is 16.8. The first-order valence-electron chi connectivity index (χ1n) is 4.54. The average molecular weight is 266 g/mol. The molecule has 0 aliphatic carbocycles. The van der Waals surface area contributed by atoms with Gasteiger partial charge in [-0.15, -0.1) is 5.56 Å². The molecular formula is C11H16BrMgN. The summed E-state index contributed by atoms with van der Waals surface area (Å²) in [5.74, 6) is 0. The topological polar surface area (TPSA) is 3.24 Å². The van der Waals surface area contributed by atoms with Crippen molar-refractivity contribution in [3.05, 3.63) is 35.9 Å². The van der Waals surface area contributed by atoms with E-state index in [-0.39, 0.29) is 40.0 Å². The minimum absolute atomic E-state index is 0. The SMILES string of the molecule is CCN(CC)Cc1[c-]cccc1.[Br-].[Mg+2]. The third kappa shape index (κ3) is 6.01. The summed E-state index contributed by atoms with van der Waals surface area (Å²) in [6.45, 7) is 7.62. The van der Waals surface area contributed by atoms with E-state index in [1.807, 2.05) is 12.1 Å². The monoisotopic (exact) mass is 265 g/mol. The predicted octanol–water partition coefficient (Wildman–Crippen LogP) is -1.05. The molecule has 1 nitrogen and oxygen atoms in total. The smallest absolute Gasteiger partial charge is 1.00 e. The van der Waals surface area contributed by atoms with Crippen molar-refractivity contribution in [2.45, 2.75) is 20.4 Å². The van der Waals surface area contributed by atoms with E-state index in [2.05, 4.69) is 36.9 Å². The van der Waals surface area contributed by atoms with Crippen LogP contribution in [0, 0.1) is 6.07 Å². The third-order valence-electron chi connectivity index (χ3n) is 2.06. The van der Waals surface area contributed by atoms with E-state index in [1.165, 1.54) is 5.56 Å². The summed E-state index contributed by atoms with van der Waals surface area (Å²) in [5, 5.41) is 0. The Kier molecular flexibility index (Phi) is 12.0. The molecule has 14 heavy (non-hydrogen) atoms. The van der Waals surface area contributed by atoms with Gasteiger partial charge >= 0.3 is 23.1 Å². The molecule has 0 aliphatic rings. The Morgan fingerprint density at radius 2 is 1.86 bits per heavy atom. The molecule has 0 heterocycles. The van der Waals surface area contributed by atoms with Crippen LogP contribution in [0.2, 0.25) is 0 Å². The zero-order chi connectivity index (χ0) is 8.81. The Morgan fingerprint density at radius 1 is 1.21 bits per heavy atom. The number of nitrogens with zero attached hydrogens (tertiary/aromatic N) is 1. The second-order valence-electron chi connectivity index (χ2n) is 2.85. The van der Waals surface area contributed by atoms with Gasteiger partial charge < -0.3 is 21.9 Å². The van der Waals surface area contributed by atoms with E-state index in [0.717, 1.165) is 19.6 Å². The first-order valence-corrected chi connectivity index (χ1v) is 4.54. The second-order valence-corrected chi connectivity index (χ2v) is 2.85. The van der Waals surface area contributed by atoms with E-state index >= 15 is 0 Å². The van der Waals surface area contributed by atoms with Crippen LogP contribution in [0.25, 0.3) is 0 Å². The summed E-state index contributed by atoms with van der Waals surface area (Å²) in [5.41, 5.74) is 1.28. The van der Waals surface area contributed by atoms with Crippen LogP contribution >= 0.6 is 0 Å². The van der Waals surface area contributed by atoms with Crippen LogP contribution in [-0.2, 0) is 6.54 Å². The fourth-order valence-electron chi connectivity index (χ4n) is 1.22. The maximum absolute atomic E-state index is 3.23. The molecule has 0 spiro atoms. The van der Waals surface area contributed by atoms with Crippen molar-refractivity contribution >= 4 is 23.1 Å². The minimum Gasteiger partial charge on any atom is -1.00 e. The fourth-order valence-corrected chi connectivity index (χ4v) is 1.22. The summed E-state index contributed by atoms with van der Waals surface area (Å²) < 4.78 is 0. The molecule has 0 amide bonds. The van der Waals surface area contributed by atoms with Crippen molar-refractivity contribution in [1.29, 1.82) is 0 Å². The molecule has 0 unspecified atom stereocenters. The van der Waals surface area contributed by atoms with Crippen LogP contribution in [0.1, 0.15) is 19.4 Å². The molecule has 74 valence electrons. The van der Waals surface area contributed by atoms with Crippen LogP contribution in [0.3, 0.4) is 0 Å². The van der Waals surface area contributed by atoms with Gasteiger partial charge in [-0.05, 0) is 13.1 Å². The maximum Gasteiger partial charge on any atom is 2.00 e. The minimum atomic E-state index is 0. The van der Waals surface area contributed by atoms with Gasteiger partial charge in [0.1, 0.15) is 0 Å².